The van der Waals surface area contributed by atoms with Crippen LogP contribution in [0.4, 0.5) is 0 Å². The van der Waals surface area contributed by atoms with Crippen LogP contribution in [-0.4, -0.2) is 9.97 Å². The Kier molecular flexibility index (Phi) is 5.13. The normalized spacial score (nSPS) is 13.6. The van der Waals surface area contributed by atoms with Crippen LogP contribution in [0.25, 0.3) is 44.5 Å². The quantitative estimate of drug-likeness (QED) is 0.259. The second-order valence-electron chi connectivity index (χ2n) is 9.52. The van der Waals surface area contributed by atoms with Crippen molar-refractivity contribution in [3.8, 4) is 22.4 Å². The predicted molar refractivity (Wildman–Crippen MR) is 148 cm³/mol. The molecule has 3 heterocycles. The number of hydrogen-bond acceptors (Lipinski definition) is 3. The van der Waals surface area contributed by atoms with Gasteiger partial charge in [0.1, 0.15) is 11.1 Å². The van der Waals surface area contributed by atoms with Crippen molar-refractivity contribution in [2.75, 3.05) is 0 Å². The maximum atomic E-state index is 9.07. The highest BCUT2D eigenvalue weighted by molar-refractivity contribution is 6.07. The molecule has 1 atom stereocenters. The largest absolute Gasteiger partial charge is 0.454 e. The third kappa shape index (κ3) is 3.77. The molecular formula is C33H28N2O. The number of nitrogens with zero attached hydrogens (tertiary/aromatic N) is 2. The van der Waals surface area contributed by atoms with Gasteiger partial charge in [0.15, 0.2) is 5.58 Å². The zero-order valence-corrected chi connectivity index (χ0v) is 21.0. The number of fused-ring (bicyclic) bond motifs is 3. The van der Waals surface area contributed by atoms with Gasteiger partial charge in [0.05, 0.1) is 5.69 Å². The third-order valence-electron chi connectivity index (χ3n) is 6.93. The van der Waals surface area contributed by atoms with Gasteiger partial charge in [-0.05, 0) is 85.0 Å². The SMILES string of the molecule is [2H]C(C)(c1ccccc1)c1ccc2oc3c(-c4cc(-c5c(C)cc(C)cc5C)ccn4)cccc3c2n1. The van der Waals surface area contributed by atoms with Crippen LogP contribution in [0, 0.1) is 20.8 Å². The molecule has 3 nitrogen and oxygen atoms in total. The molecule has 0 spiro atoms. The van der Waals surface area contributed by atoms with Gasteiger partial charge in [-0.25, -0.2) is 4.98 Å². The van der Waals surface area contributed by atoms with Gasteiger partial charge in [-0.3, -0.25) is 4.98 Å². The molecule has 0 aliphatic rings. The summed E-state index contributed by atoms with van der Waals surface area (Å²) in [5, 5.41) is 0.924. The summed E-state index contributed by atoms with van der Waals surface area (Å²) in [7, 11) is 0. The van der Waals surface area contributed by atoms with E-state index >= 15 is 0 Å². The zero-order valence-electron chi connectivity index (χ0n) is 22.0. The minimum atomic E-state index is -0.976. The smallest absolute Gasteiger partial charge is 0.153 e. The summed E-state index contributed by atoms with van der Waals surface area (Å²) in [6.45, 7) is 8.34. The number of hydrogen-bond donors (Lipinski definition) is 0. The third-order valence-corrected chi connectivity index (χ3v) is 6.93. The van der Waals surface area contributed by atoms with Crippen LogP contribution < -0.4 is 0 Å². The lowest BCUT2D eigenvalue weighted by molar-refractivity contribution is 0.668. The Bertz CT molecular complexity index is 1760. The molecule has 3 aromatic carbocycles. The van der Waals surface area contributed by atoms with Crippen molar-refractivity contribution < 1.29 is 5.79 Å². The summed E-state index contributed by atoms with van der Waals surface area (Å²) in [5.41, 5.74) is 11.8. The van der Waals surface area contributed by atoms with E-state index in [-0.39, 0.29) is 0 Å². The van der Waals surface area contributed by atoms with Crippen molar-refractivity contribution in [2.24, 2.45) is 0 Å². The molecule has 0 bridgehead atoms. The number of para-hydroxylation sites is 1. The van der Waals surface area contributed by atoms with Crippen molar-refractivity contribution in [2.45, 2.75) is 33.6 Å². The topological polar surface area (TPSA) is 38.9 Å². The van der Waals surface area contributed by atoms with Gasteiger partial charge in [-0.15, -0.1) is 0 Å². The maximum absolute atomic E-state index is 9.07. The Morgan fingerprint density at radius 1 is 0.833 bits per heavy atom. The molecule has 0 radical (unpaired) electrons. The van der Waals surface area contributed by atoms with E-state index in [0.717, 1.165) is 38.9 Å². The molecule has 0 N–H and O–H groups in total. The lowest BCUT2D eigenvalue weighted by Gasteiger charge is -2.12. The molecule has 36 heavy (non-hydrogen) atoms. The van der Waals surface area contributed by atoms with Crippen molar-refractivity contribution in [3.05, 3.63) is 119 Å². The molecule has 3 aromatic heterocycles. The first-order valence-corrected chi connectivity index (χ1v) is 12.3. The Labute approximate surface area is 212 Å². The highest BCUT2D eigenvalue weighted by Crippen LogP contribution is 2.37. The minimum absolute atomic E-state index is 0.685. The van der Waals surface area contributed by atoms with E-state index in [1.165, 1.54) is 22.3 Å². The second-order valence-corrected chi connectivity index (χ2v) is 9.52. The van der Waals surface area contributed by atoms with E-state index in [0.29, 0.717) is 11.3 Å². The summed E-state index contributed by atoms with van der Waals surface area (Å²) < 4.78 is 15.4. The molecule has 0 saturated carbocycles. The number of aryl methyl sites for hydroxylation is 3. The highest BCUT2D eigenvalue weighted by atomic mass is 16.3. The van der Waals surface area contributed by atoms with E-state index in [1.807, 2.05) is 73.8 Å². The number of benzene rings is 3. The van der Waals surface area contributed by atoms with E-state index < -0.39 is 5.89 Å². The van der Waals surface area contributed by atoms with Gasteiger partial charge in [-0.2, -0.15) is 0 Å². The second kappa shape index (κ2) is 8.76. The van der Waals surface area contributed by atoms with Crippen molar-refractivity contribution >= 4 is 22.1 Å². The van der Waals surface area contributed by atoms with Crippen LogP contribution in [0.2, 0.25) is 0 Å². The molecule has 6 rings (SSSR count). The Morgan fingerprint density at radius 3 is 2.39 bits per heavy atom. The van der Waals surface area contributed by atoms with Gasteiger partial charge in [-0.1, -0.05) is 61.0 Å². The average Bonchev–Trinajstić information content (AvgIpc) is 3.27. The zero-order chi connectivity index (χ0) is 25.7. The van der Waals surface area contributed by atoms with Crippen LogP contribution in [0.1, 0.15) is 42.1 Å². The summed E-state index contributed by atoms with van der Waals surface area (Å²) >= 11 is 0. The van der Waals surface area contributed by atoms with Crippen LogP contribution in [-0.2, 0) is 0 Å². The fourth-order valence-electron chi connectivity index (χ4n) is 5.28. The summed E-state index contributed by atoms with van der Waals surface area (Å²) in [5.74, 6) is -0.976. The first-order chi connectivity index (χ1) is 17.8. The molecule has 0 aliphatic heterocycles. The van der Waals surface area contributed by atoms with Crippen LogP contribution in [0.3, 0.4) is 0 Å². The van der Waals surface area contributed by atoms with Crippen LogP contribution >= 0.6 is 0 Å². The summed E-state index contributed by atoms with van der Waals surface area (Å²) in [6, 6.07) is 28.4. The Morgan fingerprint density at radius 2 is 1.61 bits per heavy atom. The lowest BCUT2D eigenvalue weighted by atomic mass is 9.93. The first-order valence-electron chi connectivity index (χ1n) is 12.8. The van der Waals surface area contributed by atoms with Gasteiger partial charge >= 0.3 is 0 Å². The molecule has 0 aliphatic carbocycles. The minimum Gasteiger partial charge on any atom is -0.454 e. The van der Waals surface area contributed by atoms with Crippen molar-refractivity contribution in [3.63, 3.8) is 0 Å². The Hall–Kier alpha value is -4.24. The van der Waals surface area contributed by atoms with Gasteiger partial charge < -0.3 is 4.42 Å². The fourth-order valence-corrected chi connectivity index (χ4v) is 5.28. The summed E-state index contributed by atoms with van der Waals surface area (Å²) in [6.07, 6.45) is 1.87. The maximum Gasteiger partial charge on any atom is 0.153 e. The fraction of sp³-hybridized carbons (Fsp3) is 0.152. The number of aromatic nitrogens is 2. The number of rotatable bonds is 4. The van der Waals surface area contributed by atoms with E-state index in [4.69, 9.17) is 15.8 Å². The molecule has 0 amide bonds. The van der Waals surface area contributed by atoms with Gasteiger partial charge in [0.25, 0.3) is 0 Å². The van der Waals surface area contributed by atoms with Crippen LogP contribution in [0.15, 0.2) is 95.5 Å². The molecule has 0 fully saturated rings. The van der Waals surface area contributed by atoms with Crippen molar-refractivity contribution in [1.82, 2.24) is 9.97 Å². The Balaban J connectivity index is 1.49. The first kappa shape index (κ1) is 21.1. The monoisotopic (exact) mass is 469 g/mol. The highest BCUT2D eigenvalue weighted by Gasteiger charge is 2.17. The van der Waals surface area contributed by atoms with E-state index in [1.54, 1.807) is 0 Å². The van der Waals surface area contributed by atoms with Gasteiger partial charge in [0, 0.05) is 30.1 Å². The standard InChI is InChI=1S/C33H28N2O/c1-20-17-21(2)31(22(3)18-20)25-15-16-34-29(19-25)26-11-8-12-27-32-30(36-33(26)27)14-13-28(35-32)23(4)24-9-6-5-7-10-24/h5-19,23H,1-4H3/i23D. The molecule has 1 unspecified atom stereocenters. The molecule has 6 aromatic rings. The molecule has 176 valence electrons. The lowest BCUT2D eigenvalue weighted by Crippen LogP contribution is -1.98. The van der Waals surface area contributed by atoms with E-state index in [9.17, 15) is 0 Å². The molecule has 3 heteroatoms. The average molecular weight is 470 g/mol. The van der Waals surface area contributed by atoms with Crippen molar-refractivity contribution in [1.29, 1.82) is 0 Å². The number of furan rings is 1. The molecular weight excluding hydrogens is 440 g/mol. The summed E-state index contributed by atoms with van der Waals surface area (Å²) in [4.78, 5) is 9.66. The van der Waals surface area contributed by atoms with Gasteiger partial charge in [0.2, 0.25) is 0 Å². The number of pyridine rings is 2. The van der Waals surface area contributed by atoms with Crippen LogP contribution in [0.5, 0.6) is 0 Å². The molecule has 0 saturated heterocycles. The van der Waals surface area contributed by atoms with E-state index in [2.05, 4.69) is 45.0 Å². The predicted octanol–water partition coefficient (Wildman–Crippen LogP) is 8.79.